The molecular formula is C13H25N5. The lowest BCUT2D eigenvalue weighted by molar-refractivity contribution is 0.242. The van der Waals surface area contributed by atoms with Gasteiger partial charge in [-0.1, -0.05) is 13.8 Å². The Kier molecular flexibility index (Phi) is 5.85. The van der Waals surface area contributed by atoms with E-state index in [1.807, 2.05) is 10.9 Å². The average Bonchev–Trinajstić information content (AvgIpc) is 2.73. The van der Waals surface area contributed by atoms with Gasteiger partial charge in [0.1, 0.15) is 0 Å². The number of nitrogens with zero attached hydrogens (tertiary/aromatic N) is 3. The quantitative estimate of drug-likeness (QED) is 0.545. The number of hydrogen-bond acceptors (Lipinski definition) is 3. The van der Waals surface area contributed by atoms with Gasteiger partial charge in [0.05, 0.1) is 12.0 Å². The maximum absolute atomic E-state index is 7.32. The summed E-state index contributed by atoms with van der Waals surface area (Å²) >= 11 is 0. The molecule has 0 aliphatic heterocycles. The molecule has 5 nitrogen and oxygen atoms in total. The minimum atomic E-state index is 0.257. The molecule has 0 aliphatic rings. The summed E-state index contributed by atoms with van der Waals surface area (Å²) < 4.78 is 1.94. The van der Waals surface area contributed by atoms with Crippen LogP contribution in [0.25, 0.3) is 0 Å². The molecule has 3 N–H and O–H groups in total. The van der Waals surface area contributed by atoms with E-state index in [2.05, 4.69) is 37.0 Å². The van der Waals surface area contributed by atoms with Crippen LogP contribution >= 0.6 is 0 Å². The van der Waals surface area contributed by atoms with E-state index in [9.17, 15) is 0 Å². The van der Waals surface area contributed by atoms with Crippen LogP contribution in [-0.2, 0) is 13.1 Å². The van der Waals surface area contributed by atoms with Crippen LogP contribution in [0.15, 0.2) is 12.4 Å². The zero-order valence-corrected chi connectivity index (χ0v) is 11.7. The zero-order chi connectivity index (χ0) is 13.5. The van der Waals surface area contributed by atoms with E-state index in [1.54, 1.807) is 0 Å². The highest BCUT2D eigenvalue weighted by Gasteiger charge is 2.10. The molecule has 1 heterocycles. The highest BCUT2D eigenvalue weighted by Crippen LogP contribution is 2.07. The second kappa shape index (κ2) is 7.16. The van der Waals surface area contributed by atoms with Crippen molar-refractivity contribution in [3.05, 3.63) is 18.0 Å². The molecule has 0 spiro atoms. The Labute approximate surface area is 109 Å². The summed E-state index contributed by atoms with van der Waals surface area (Å²) in [6.45, 7) is 10.1. The summed E-state index contributed by atoms with van der Waals surface area (Å²) in [5.41, 5.74) is 6.65. The van der Waals surface area contributed by atoms with Gasteiger partial charge in [0.15, 0.2) is 0 Å². The molecule has 0 radical (unpaired) electrons. The molecule has 18 heavy (non-hydrogen) atoms. The normalized spacial score (nSPS) is 11.4. The van der Waals surface area contributed by atoms with Crippen LogP contribution < -0.4 is 5.73 Å². The van der Waals surface area contributed by atoms with Gasteiger partial charge in [-0.15, -0.1) is 0 Å². The van der Waals surface area contributed by atoms with Crippen LogP contribution in [0, 0.1) is 11.3 Å². The van der Waals surface area contributed by atoms with Gasteiger partial charge >= 0.3 is 0 Å². The van der Waals surface area contributed by atoms with Crippen molar-refractivity contribution in [2.75, 3.05) is 13.1 Å². The van der Waals surface area contributed by atoms with Crippen LogP contribution in [0.3, 0.4) is 0 Å². The highest BCUT2D eigenvalue weighted by atomic mass is 15.3. The molecule has 0 atom stereocenters. The smallest absolute Gasteiger partial charge is 0.0918 e. The van der Waals surface area contributed by atoms with E-state index in [0.29, 0.717) is 12.3 Å². The van der Waals surface area contributed by atoms with Crippen molar-refractivity contribution in [1.29, 1.82) is 5.41 Å². The molecule has 5 heteroatoms. The van der Waals surface area contributed by atoms with Crippen molar-refractivity contribution in [3.8, 4) is 0 Å². The number of amidine groups is 1. The van der Waals surface area contributed by atoms with Gasteiger partial charge in [-0.05, 0) is 12.8 Å². The summed E-state index contributed by atoms with van der Waals surface area (Å²) in [4.78, 5) is 2.34. The molecule has 1 aromatic heterocycles. The van der Waals surface area contributed by atoms with Crippen molar-refractivity contribution < 1.29 is 0 Å². The van der Waals surface area contributed by atoms with Crippen LogP contribution in [0.1, 0.15) is 32.8 Å². The molecule has 0 saturated heterocycles. The first-order valence-electron chi connectivity index (χ1n) is 6.57. The summed E-state index contributed by atoms with van der Waals surface area (Å²) in [6.07, 6.45) is 4.64. The number of nitrogens with two attached hydrogens (primary N) is 1. The van der Waals surface area contributed by atoms with Crippen molar-refractivity contribution >= 4 is 5.84 Å². The van der Waals surface area contributed by atoms with E-state index in [-0.39, 0.29) is 5.84 Å². The van der Waals surface area contributed by atoms with Crippen molar-refractivity contribution in [2.45, 2.75) is 40.3 Å². The second-order valence-electron chi connectivity index (χ2n) is 5.11. The van der Waals surface area contributed by atoms with Crippen LogP contribution in [0.4, 0.5) is 0 Å². The van der Waals surface area contributed by atoms with Crippen molar-refractivity contribution in [3.63, 3.8) is 0 Å². The van der Waals surface area contributed by atoms with E-state index in [0.717, 1.165) is 26.2 Å². The first-order valence-corrected chi connectivity index (χ1v) is 6.57. The Balaban J connectivity index is 2.56. The molecule has 0 bridgehead atoms. The van der Waals surface area contributed by atoms with E-state index in [1.165, 1.54) is 5.56 Å². The van der Waals surface area contributed by atoms with E-state index >= 15 is 0 Å². The lowest BCUT2D eigenvalue weighted by Crippen LogP contribution is -2.30. The number of aryl methyl sites for hydroxylation is 1. The van der Waals surface area contributed by atoms with E-state index < -0.39 is 0 Å². The SMILES string of the molecule is CCn1cc(CN(CCC(=N)N)CC(C)C)cn1. The fourth-order valence-corrected chi connectivity index (χ4v) is 1.95. The predicted octanol–water partition coefficient (Wildman–Crippen LogP) is 1.69. The number of nitrogens with one attached hydrogen (secondary N) is 1. The fourth-order valence-electron chi connectivity index (χ4n) is 1.95. The number of aromatic nitrogens is 2. The molecule has 1 aromatic rings. The molecule has 0 aromatic carbocycles. The van der Waals surface area contributed by atoms with Gasteiger partial charge in [0.25, 0.3) is 0 Å². The van der Waals surface area contributed by atoms with Crippen molar-refractivity contribution in [1.82, 2.24) is 14.7 Å². The van der Waals surface area contributed by atoms with Gasteiger partial charge in [-0.2, -0.15) is 5.10 Å². The minimum absolute atomic E-state index is 0.257. The summed E-state index contributed by atoms with van der Waals surface area (Å²) in [5.74, 6) is 0.867. The first-order chi connectivity index (χ1) is 8.51. The standard InChI is InChI=1S/C13H25N5/c1-4-18-10-12(7-16-18)9-17(8-11(2)3)6-5-13(14)15/h7,10-11H,4-6,8-9H2,1-3H3,(H3,14,15). The summed E-state index contributed by atoms with van der Waals surface area (Å²) in [7, 11) is 0. The van der Waals surface area contributed by atoms with Gasteiger partial charge in [0, 0.05) is 44.4 Å². The van der Waals surface area contributed by atoms with Crippen LogP contribution in [0.2, 0.25) is 0 Å². The molecule has 102 valence electrons. The Morgan fingerprint density at radius 2 is 2.28 bits per heavy atom. The third kappa shape index (κ3) is 5.31. The Bertz CT molecular complexity index is 369. The lowest BCUT2D eigenvalue weighted by atomic mass is 10.2. The molecule has 0 fully saturated rings. The Morgan fingerprint density at radius 3 is 2.78 bits per heavy atom. The van der Waals surface area contributed by atoms with Crippen molar-refractivity contribution in [2.24, 2.45) is 11.7 Å². The lowest BCUT2D eigenvalue weighted by Gasteiger charge is -2.23. The first kappa shape index (κ1) is 14.7. The Hall–Kier alpha value is -1.36. The van der Waals surface area contributed by atoms with Gasteiger partial charge in [-0.25, -0.2) is 0 Å². The minimum Gasteiger partial charge on any atom is -0.388 e. The van der Waals surface area contributed by atoms with Gasteiger partial charge < -0.3 is 5.73 Å². The van der Waals surface area contributed by atoms with Gasteiger partial charge in [-0.3, -0.25) is 15.0 Å². The van der Waals surface area contributed by atoms with Crippen LogP contribution in [-0.4, -0.2) is 33.6 Å². The Morgan fingerprint density at radius 1 is 1.56 bits per heavy atom. The summed E-state index contributed by atoms with van der Waals surface area (Å²) in [6, 6.07) is 0. The third-order valence-corrected chi connectivity index (χ3v) is 2.74. The number of rotatable bonds is 8. The second-order valence-corrected chi connectivity index (χ2v) is 5.11. The largest absolute Gasteiger partial charge is 0.388 e. The fraction of sp³-hybridized carbons (Fsp3) is 0.692. The number of hydrogen-bond donors (Lipinski definition) is 2. The predicted molar refractivity (Wildman–Crippen MR) is 74.5 cm³/mol. The average molecular weight is 251 g/mol. The molecule has 0 saturated carbocycles. The van der Waals surface area contributed by atoms with Gasteiger partial charge in [0.2, 0.25) is 0 Å². The molecular weight excluding hydrogens is 226 g/mol. The summed E-state index contributed by atoms with van der Waals surface area (Å²) in [5, 5.41) is 11.6. The third-order valence-electron chi connectivity index (χ3n) is 2.74. The van der Waals surface area contributed by atoms with Crippen LogP contribution in [0.5, 0.6) is 0 Å². The zero-order valence-electron chi connectivity index (χ0n) is 11.7. The molecule has 0 aliphatic carbocycles. The van der Waals surface area contributed by atoms with E-state index in [4.69, 9.17) is 11.1 Å². The molecule has 0 amide bonds. The molecule has 1 rings (SSSR count). The highest BCUT2D eigenvalue weighted by molar-refractivity contribution is 5.76. The topological polar surface area (TPSA) is 70.9 Å². The maximum atomic E-state index is 7.32. The monoisotopic (exact) mass is 251 g/mol. The maximum Gasteiger partial charge on any atom is 0.0918 e. The molecule has 0 unspecified atom stereocenters.